The lowest BCUT2D eigenvalue weighted by atomic mass is 9.99. The first-order valence-corrected chi connectivity index (χ1v) is 10.0. The zero-order valence-corrected chi connectivity index (χ0v) is 16.0. The van der Waals surface area contributed by atoms with Crippen molar-refractivity contribution < 1.29 is 19.7 Å². The van der Waals surface area contributed by atoms with Crippen molar-refractivity contribution in [3.8, 4) is 0 Å². The van der Waals surface area contributed by atoms with Gasteiger partial charge in [-0.15, -0.1) is 0 Å². The molecule has 144 valence electrons. The van der Waals surface area contributed by atoms with Crippen LogP contribution in [0.3, 0.4) is 0 Å². The van der Waals surface area contributed by atoms with Crippen LogP contribution in [0.15, 0.2) is 0 Å². The maximum absolute atomic E-state index is 11.4. The summed E-state index contributed by atoms with van der Waals surface area (Å²) in [5.74, 6) is 0.613. The van der Waals surface area contributed by atoms with E-state index < -0.39 is 6.10 Å². The van der Waals surface area contributed by atoms with Gasteiger partial charge in [-0.25, -0.2) is 0 Å². The van der Waals surface area contributed by atoms with Crippen LogP contribution >= 0.6 is 0 Å². The van der Waals surface area contributed by atoms with E-state index in [1.807, 2.05) is 0 Å². The Labute approximate surface area is 149 Å². The molecule has 0 amide bonds. The lowest BCUT2D eigenvalue weighted by molar-refractivity contribution is -0.147. The fraction of sp³-hybridized carbons (Fsp3) is 0.950. The summed E-state index contributed by atoms with van der Waals surface area (Å²) >= 11 is 0. The molecule has 0 aliphatic carbocycles. The molecule has 0 aliphatic heterocycles. The summed E-state index contributed by atoms with van der Waals surface area (Å²) in [6.45, 7) is 4.14. The molecule has 0 heterocycles. The highest BCUT2D eigenvalue weighted by molar-refractivity contribution is 5.69. The highest BCUT2D eigenvalue weighted by Crippen LogP contribution is 2.15. The van der Waals surface area contributed by atoms with E-state index in [0.29, 0.717) is 6.42 Å². The number of esters is 1. The lowest BCUT2D eigenvalue weighted by Gasteiger charge is -2.08. The van der Waals surface area contributed by atoms with E-state index in [1.165, 1.54) is 64.2 Å². The summed E-state index contributed by atoms with van der Waals surface area (Å²) in [6.07, 6.45) is 14.7. The number of aliphatic hydroxyl groups excluding tert-OH is 2. The molecule has 0 saturated carbocycles. The largest absolute Gasteiger partial charge is 0.463 e. The van der Waals surface area contributed by atoms with Crippen LogP contribution in [-0.2, 0) is 9.53 Å². The molecule has 2 atom stereocenters. The first-order chi connectivity index (χ1) is 11.6. The predicted molar refractivity (Wildman–Crippen MR) is 98.9 cm³/mol. The summed E-state index contributed by atoms with van der Waals surface area (Å²) in [6, 6.07) is 0. The number of hydrogen-bond donors (Lipinski definition) is 2. The second-order valence-corrected chi connectivity index (χ2v) is 7.11. The molecule has 0 bridgehead atoms. The highest BCUT2D eigenvalue weighted by Gasteiger charge is 2.07. The van der Waals surface area contributed by atoms with E-state index >= 15 is 0 Å². The smallest absolute Gasteiger partial charge is 0.305 e. The van der Waals surface area contributed by atoms with E-state index in [9.17, 15) is 4.79 Å². The van der Waals surface area contributed by atoms with Gasteiger partial charge in [0.25, 0.3) is 0 Å². The van der Waals surface area contributed by atoms with Gasteiger partial charge < -0.3 is 14.9 Å². The second kappa shape index (κ2) is 17.2. The maximum Gasteiger partial charge on any atom is 0.305 e. The number of carbonyl (C=O) groups excluding carboxylic acids is 1. The Hall–Kier alpha value is -0.610. The van der Waals surface area contributed by atoms with Crippen LogP contribution in [0.2, 0.25) is 0 Å². The number of aliphatic hydroxyl groups is 2. The summed E-state index contributed by atoms with van der Waals surface area (Å²) in [5, 5.41) is 17.7. The van der Waals surface area contributed by atoms with Crippen molar-refractivity contribution in [1.29, 1.82) is 0 Å². The van der Waals surface area contributed by atoms with Crippen molar-refractivity contribution >= 4 is 5.97 Å². The fourth-order valence-electron chi connectivity index (χ4n) is 2.69. The van der Waals surface area contributed by atoms with Crippen molar-refractivity contribution in [2.75, 3.05) is 13.2 Å². The van der Waals surface area contributed by atoms with Gasteiger partial charge in [-0.3, -0.25) is 4.79 Å². The Morgan fingerprint density at radius 2 is 1.42 bits per heavy atom. The molecule has 2 unspecified atom stereocenters. The van der Waals surface area contributed by atoms with Crippen LogP contribution in [0.1, 0.15) is 97.3 Å². The molecular weight excluding hydrogens is 304 g/mol. The predicted octanol–water partition coefficient (Wildman–Crippen LogP) is 4.61. The molecule has 4 nitrogen and oxygen atoms in total. The van der Waals surface area contributed by atoms with Gasteiger partial charge in [-0.2, -0.15) is 0 Å². The van der Waals surface area contributed by atoms with Gasteiger partial charge in [0.1, 0.15) is 12.7 Å². The number of ether oxygens (including phenoxy) is 1. The third-order valence-electron chi connectivity index (χ3n) is 4.67. The average molecular weight is 345 g/mol. The number of carbonyl (C=O) groups is 1. The molecule has 0 spiro atoms. The van der Waals surface area contributed by atoms with Crippen LogP contribution in [0.4, 0.5) is 0 Å². The van der Waals surface area contributed by atoms with Gasteiger partial charge in [0.15, 0.2) is 0 Å². The first kappa shape index (κ1) is 23.4. The van der Waals surface area contributed by atoms with Crippen molar-refractivity contribution in [1.82, 2.24) is 0 Å². The van der Waals surface area contributed by atoms with Crippen molar-refractivity contribution in [2.24, 2.45) is 5.92 Å². The molecule has 4 heteroatoms. The highest BCUT2D eigenvalue weighted by atomic mass is 16.5. The molecule has 0 aromatic heterocycles. The molecular formula is C20H40O4. The van der Waals surface area contributed by atoms with Crippen molar-refractivity contribution in [3.05, 3.63) is 0 Å². The molecule has 0 aliphatic rings. The molecule has 0 aromatic carbocycles. The Balaban J connectivity index is 3.18. The van der Waals surface area contributed by atoms with E-state index in [0.717, 1.165) is 18.8 Å². The van der Waals surface area contributed by atoms with Crippen molar-refractivity contribution in [3.63, 3.8) is 0 Å². The first-order valence-electron chi connectivity index (χ1n) is 10.0. The minimum Gasteiger partial charge on any atom is -0.463 e. The summed E-state index contributed by atoms with van der Waals surface area (Å²) in [5.41, 5.74) is 0. The minimum atomic E-state index is -0.955. The van der Waals surface area contributed by atoms with E-state index in [1.54, 1.807) is 0 Å². The van der Waals surface area contributed by atoms with Crippen LogP contribution in [0.25, 0.3) is 0 Å². The van der Waals surface area contributed by atoms with Crippen LogP contribution < -0.4 is 0 Å². The topological polar surface area (TPSA) is 66.8 Å². The van der Waals surface area contributed by atoms with Gasteiger partial charge in [-0.1, -0.05) is 84.5 Å². The standard InChI is InChI=1S/C20H40O4/c1-3-18(2)14-12-10-8-6-4-5-7-9-11-13-15-20(23)24-17-19(22)16-21/h18-19,21-22H,3-17H2,1-2H3. The van der Waals surface area contributed by atoms with Crippen LogP contribution in [0, 0.1) is 5.92 Å². The Morgan fingerprint density at radius 1 is 0.917 bits per heavy atom. The molecule has 24 heavy (non-hydrogen) atoms. The number of unbranched alkanes of at least 4 members (excludes halogenated alkanes) is 9. The maximum atomic E-state index is 11.4. The van der Waals surface area contributed by atoms with Gasteiger partial charge in [-0.05, 0) is 12.3 Å². The van der Waals surface area contributed by atoms with E-state index in [2.05, 4.69) is 13.8 Å². The Kier molecular flexibility index (Phi) is 16.8. The zero-order valence-electron chi connectivity index (χ0n) is 16.0. The second-order valence-electron chi connectivity index (χ2n) is 7.11. The molecule has 0 aromatic rings. The average Bonchev–Trinajstić information content (AvgIpc) is 2.60. The van der Waals surface area contributed by atoms with Gasteiger partial charge in [0, 0.05) is 6.42 Å². The van der Waals surface area contributed by atoms with Gasteiger partial charge in [0.2, 0.25) is 0 Å². The van der Waals surface area contributed by atoms with Crippen LogP contribution in [-0.4, -0.2) is 35.5 Å². The molecule has 0 radical (unpaired) electrons. The van der Waals surface area contributed by atoms with E-state index in [-0.39, 0.29) is 19.2 Å². The minimum absolute atomic E-state index is 0.104. The Morgan fingerprint density at radius 3 is 1.92 bits per heavy atom. The summed E-state index contributed by atoms with van der Waals surface area (Å²) in [4.78, 5) is 11.4. The molecule has 2 N–H and O–H groups in total. The zero-order chi connectivity index (χ0) is 18.0. The third-order valence-corrected chi connectivity index (χ3v) is 4.67. The van der Waals surface area contributed by atoms with Gasteiger partial charge >= 0.3 is 5.97 Å². The fourth-order valence-corrected chi connectivity index (χ4v) is 2.69. The van der Waals surface area contributed by atoms with Gasteiger partial charge in [0.05, 0.1) is 6.61 Å². The number of rotatable bonds is 17. The monoisotopic (exact) mass is 344 g/mol. The normalized spacial score (nSPS) is 13.7. The molecule has 0 fully saturated rings. The van der Waals surface area contributed by atoms with Crippen LogP contribution in [0.5, 0.6) is 0 Å². The SMILES string of the molecule is CCC(C)CCCCCCCCCCCCC(=O)OCC(O)CO. The molecule has 0 saturated heterocycles. The van der Waals surface area contributed by atoms with E-state index in [4.69, 9.17) is 14.9 Å². The number of hydrogen-bond acceptors (Lipinski definition) is 4. The van der Waals surface area contributed by atoms with Crippen molar-refractivity contribution in [2.45, 2.75) is 103 Å². The Bertz CT molecular complexity index is 281. The summed E-state index contributed by atoms with van der Waals surface area (Å²) in [7, 11) is 0. The quantitative estimate of drug-likeness (QED) is 0.299. The lowest BCUT2D eigenvalue weighted by Crippen LogP contribution is -2.21. The summed E-state index contributed by atoms with van der Waals surface area (Å²) < 4.78 is 4.86. The molecule has 0 rings (SSSR count). The third kappa shape index (κ3) is 16.3.